The number of ether oxygens (including phenoxy) is 1. The first-order chi connectivity index (χ1) is 7.38. The number of halogens is 1. The van der Waals surface area contributed by atoms with Crippen molar-refractivity contribution in [3.05, 3.63) is 22.7 Å². The smallest absolute Gasteiger partial charge is 0.342 e. The molecule has 5 heteroatoms. The van der Waals surface area contributed by atoms with Crippen LogP contribution in [0.4, 0.5) is 0 Å². The van der Waals surface area contributed by atoms with Crippen molar-refractivity contribution in [3.63, 3.8) is 0 Å². The standard InChI is InChI=1S/C11H11ClO4/c1-11(2,3)14-10(13)6-4-5-7(12)9-8(6)15-16-9/h4-5H,1-3H3. The van der Waals surface area contributed by atoms with Crippen LogP contribution in [0.3, 0.4) is 0 Å². The maximum atomic E-state index is 11.8. The predicted octanol–water partition coefficient (Wildman–Crippen LogP) is 3.63. The van der Waals surface area contributed by atoms with Gasteiger partial charge in [0.05, 0.1) is 5.02 Å². The van der Waals surface area contributed by atoms with Crippen molar-refractivity contribution >= 4 is 28.7 Å². The molecule has 0 saturated carbocycles. The van der Waals surface area contributed by atoms with Gasteiger partial charge in [0.25, 0.3) is 0 Å². The highest BCUT2D eigenvalue weighted by molar-refractivity contribution is 6.35. The van der Waals surface area contributed by atoms with Crippen molar-refractivity contribution in [1.82, 2.24) is 0 Å². The molecule has 0 spiro atoms. The first kappa shape index (κ1) is 11.1. The number of hydrogen-bond donors (Lipinski definition) is 0. The fourth-order valence-corrected chi connectivity index (χ4v) is 1.42. The Kier molecular flexibility index (Phi) is 2.46. The van der Waals surface area contributed by atoms with Crippen LogP contribution >= 0.6 is 11.6 Å². The fourth-order valence-electron chi connectivity index (χ4n) is 1.24. The van der Waals surface area contributed by atoms with Gasteiger partial charge in [-0.2, -0.15) is 0 Å². The zero-order valence-corrected chi connectivity index (χ0v) is 9.92. The number of rotatable bonds is 1. The summed E-state index contributed by atoms with van der Waals surface area (Å²) in [6.07, 6.45) is 0. The van der Waals surface area contributed by atoms with Crippen molar-refractivity contribution < 1.29 is 18.7 Å². The van der Waals surface area contributed by atoms with Crippen LogP contribution in [0.2, 0.25) is 5.02 Å². The Bertz CT molecular complexity index is 530. The minimum atomic E-state index is -0.547. The summed E-state index contributed by atoms with van der Waals surface area (Å²) in [5.74, 6) is -0.455. The Labute approximate surface area is 97.0 Å². The van der Waals surface area contributed by atoms with Crippen LogP contribution < -0.4 is 0 Å². The molecular formula is C11H11ClO4. The van der Waals surface area contributed by atoms with Gasteiger partial charge in [-0.3, -0.25) is 9.15 Å². The highest BCUT2D eigenvalue weighted by Gasteiger charge is 2.24. The predicted molar refractivity (Wildman–Crippen MR) is 58.7 cm³/mol. The van der Waals surface area contributed by atoms with Gasteiger partial charge >= 0.3 is 5.97 Å². The molecule has 1 aromatic heterocycles. The second kappa shape index (κ2) is 3.56. The summed E-state index contributed by atoms with van der Waals surface area (Å²) in [5.41, 5.74) is 0.487. The van der Waals surface area contributed by atoms with Crippen molar-refractivity contribution in [2.45, 2.75) is 26.4 Å². The second-order valence-corrected chi connectivity index (χ2v) is 4.83. The van der Waals surface area contributed by atoms with E-state index in [1.807, 2.05) is 0 Å². The Morgan fingerprint density at radius 1 is 1.25 bits per heavy atom. The van der Waals surface area contributed by atoms with Gasteiger partial charge < -0.3 is 4.74 Å². The minimum absolute atomic E-state index is 0.320. The topological polar surface area (TPSA) is 52.6 Å². The molecule has 1 heterocycles. The van der Waals surface area contributed by atoms with Crippen molar-refractivity contribution in [2.24, 2.45) is 0 Å². The first-order valence-electron chi connectivity index (χ1n) is 4.79. The van der Waals surface area contributed by atoms with E-state index in [1.165, 1.54) is 0 Å². The SMILES string of the molecule is CC(C)(C)OC(=O)c1ccc(Cl)c2ooc12. The first-order valence-corrected chi connectivity index (χ1v) is 5.16. The minimum Gasteiger partial charge on any atom is -0.456 e. The molecule has 0 fully saturated rings. The van der Waals surface area contributed by atoms with E-state index in [0.29, 0.717) is 21.8 Å². The molecule has 0 radical (unpaired) electrons. The van der Waals surface area contributed by atoms with Gasteiger partial charge in [0, 0.05) is 0 Å². The molecule has 0 N–H and O–H groups in total. The number of carbonyl (C=O) groups is 1. The van der Waals surface area contributed by atoms with E-state index in [4.69, 9.17) is 20.9 Å². The van der Waals surface area contributed by atoms with E-state index >= 15 is 0 Å². The normalized spacial score (nSPS) is 12.0. The van der Waals surface area contributed by atoms with E-state index in [1.54, 1.807) is 32.9 Å². The van der Waals surface area contributed by atoms with Gasteiger partial charge in [-0.15, -0.1) is 0 Å². The molecule has 16 heavy (non-hydrogen) atoms. The average molecular weight is 243 g/mol. The van der Waals surface area contributed by atoms with Gasteiger partial charge in [0.15, 0.2) is 0 Å². The van der Waals surface area contributed by atoms with Gasteiger partial charge in [0.1, 0.15) is 11.2 Å². The van der Waals surface area contributed by atoms with Crippen LogP contribution in [-0.4, -0.2) is 11.6 Å². The quantitative estimate of drug-likeness (QED) is 0.566. The summed E-state index contributed by atoms with van der Waals surface area (Å²) in [5, 5.41) is 0.411. The van der Waals surface area contributed by atoms with Crippen LogP contribution in [0, 0.1) is 0 Å². The summed E-state index contributed by atoms with van der Waals surface area (Å²) in [4.78, 5) is 11.8. The molecule has 4 nitrogen and oxygen atoms in total. The Morgan fingerprint density at radius 2 is 1.88 bits per heavy atom. The van der Waals surface area contributed by atoms with E-state index in [0.717, 1.165) is 0 Å². The number of fused-ring (bicyclic) bond motifs is 1. The van der Waals surface area contributed by atoms with Crippen molar-refractivity contribution in [3.8, 4) is 0 Å². The molecule has 0 saturated heterocycles. The zero-order valence-electron chi connectivity index (χ0n) is 9.17. The van der Waals surface area contributed by atoms with Crippen molar-refractivity contribution in [1.29, 1.82) is 0 Å². The third-order valence-corrected chi connectivity index (χ3v) is 2.19. The van der Waals surface area contributed by atoms with Gasteiger partial charge in [0.2, 0.25) is 11.2 Å². The Balaban J connectivity index is 2.35. The Hall–Kier alpha value is -1.42. The highest BCUT2D eigenvalue weighted by Crippen LogP contribution is 2.30. The molecule has 86 valence electrons. The Morgan fingerprint density at radius 3 is 2.38 bits per heavy atom. The molecule has 1 aromatic carbocycles. The van der Waals surface area contributed by atoms with E-state index in [2.05, 4.69) is 4.58 Å². The monoisotopic (exact) mass is 242 g/mol. The maximum Gasteiger partial charge on any atom is 0.342 e. The largest absolute Gasteiger partial charge is 0.456 e. The highest BCUT2D eigenvalue weighted by atomic mass is 35.5. The molecule has 0 aliphatic rings. The molecule has 0 atom stereocenters. The molecule has 0 aliphatic heterocycles. The van der Waals surface area contributed by atoms with Crippen LogP contribution in [0.1, 0.15) is 31.1 Å². The van der Waals surface area contributed by atoms with Gasteiger partial charge in [-0.25, -0.2) is 4.79 Å². The lowest BCUT2D eigenvalue weighted by Gasteiger charge is -2.19. The summed E-state index contributed by atoms with van der Waals surface area (Å²) >= 11 is 5.82. The lowest BCUT2D eigenvalue weighted by Crippen LogP contribution is -2.24. The zero-order chi connectivity index (χ0) is 11.9. The van der Waals surface area contributed by atoms with E-state index in [9.17, 15) is 4.79 Å². The third kappa shape index (κ3) is 1.93. The molecule has 0 bridgehead atoms. The summed E-state index contributed by atoms with van der Waals surface area (Å²) in [6.45, 7) is 5.39. The van der Waals surface area contributed by atoms with Gasteiger partial charge in [-0.05, 0) is 32.9 Å². The number of esters is 1. The summed E-state index contributed by atoms with van der Waals surface area (Å²) in [6, 6.07) is 3.12. The van der Waals surface area contributed by atoms with Crippen LogP contribution in [0.5, 0.6) is 0 Å². The number of carbonyl (C=O) groups excluding carboxylic acids is 1. The average Bonchev–Trinajstić information content (AvgIpc) is 2.04. The number of hydrogen-bond acceptors (Lipinski definition) is 4. The second-order valence-electron chi connectivity index (χ2n) is 4.42. The summed E-state index contributed by atoms with van der Waals surface area (Å²) in [7, 11) is 0. The molecule has 2 aromatic rings. The van der Waals surface area contributed by atoms with Crippen LogP contribution in [0.15, 0.2) is 21.3 Å². The van der Waals surface area contributed by atoms with E-state index < -0.39 is 11.6 Å². The molecule has 0 aliphatic carbocycles. The summed E-state index contributed by atoms with van der Waals surface area (Å²) < 4.78 is 14.6. The molecule has 0 unspecified atom stereocenters. The van der Waals surface area contributed by atoms with E-state index in [-0.39, 0.29) is 0 Å². The third-order valence-electron chi connectivity index (χ3n) is 1.89. The molecule has 0 amide bonds. The van der Waals surface area contributed by atoms with Crippen molar-refractivity contribution in [2.75, 3.05) is 0 Å². The lowest BCUT2D eigenvalue weighted by atomic mass is 10.1. The lowest BCUT2D eigenvalue weighted by molar-refractivity contribution is 0.00562. The fraction of sp³-hybridized carbons (Fsp3) is 0.364. The molecular weight excluding hydrogens is 232 g/mol. The van der Waals surface area contributed by atoms with Crippen LogP contribution in [0.25, 0.3) is 11.2 Å². The molecule has 2 rings (SSSR count). The van der Waals surface area contributed by atoms with Gasteiger partial charge in [-0.1, -0.05) is 11.6 Å². The number of benzene rings is 1. The van der Waals surface area contributed by atoms with Crippen LogP contribution in [-0.2, 0) is 4.74 Å². The maximum absolute atomic E-state index is 11.8.